The lowest BCUT2D eigenvalue weighted by Gasteiger charge is -2.03. The number of benzene rings is 1. The molecule has 96 valence electrons. The molecular formula is C14H17NO3. The van der Waals surface area contributed by atoms with E-state index < -0.39 is 5.97 Å². The fourth-order valence-corrected chi connectivity index (χ4v) is 2.04. The van der Waals surface area contributed by atoms with Gasteiger partial charge in [0.2, 0.25) is 0 Å². The summed E-state index contributed by atoms with van der Waals surface area (Å²) in [6, 6.07) is 7.92. The highest BCUT2D eigenvalue weighted by atomic mass is 16.4. The average Bonchev–Trinajstić information content (AvgIpc) is 2.72. The van der Waals surface area contributed by atoms with Crippen LogP contribution < -0.4 is 5.32 Å². The zero-order valence-electron chi connectivity index (χ0n) is 10.4. The van der Waals surface area contributed by atoms with Gasteiger partial charge in [-0.05, 0) is 6.07 Å². The fraction of sp³-hybridized carbons (Fsp3) is 0.357. The van der Waals surface area contributed by atoms with Crippen molar-refractivity contribution in [3.05, 3.63) is 35.6 Å². The first-order chi connectivity index (χ1) is 8.72. The van der Waals surface area contributed by atoms with Crippen LogP contribution in [0.15, 0.2) is 28.7 Å². The molecule has 1 aromatic carbocycles. The van der Waals surface area contributed by atoms with Crippen LogP contribution in [0.3, 0.4) is 0 Å². The number of fused-ring (bicyclic) bond motifs is 1. The van der Waals surface area contributed by atoms with Crippen molar-refractivity contribution in [3.63, 3.8) is 0 Å². The normalized spacial score (nSPS) is 10.9. The van der Waals surface area contributed by atoms with Crippen LogP contribution in [0.25, 0.3) is 11.0 Å². The van der Waals surface area contributed by atoms with E-state index in [4.69, 9.17) is 9.52 Å². The van der Waals surface area contributed by atoms with Gasteiger partial charge < -0.3 is 14.8 Å². The van der Waals surface area contributed by atoms with Gasteiger partial charge in [-0.1, -0.05) is 25.1 Å². The summed E-state index contributed by atoms with van der Waals surface area (Å²) in [5, 5.41) is 12.8. The third-order valence-corrected chi connectivity index (χ3v) is 2.92. The molecule has 2 aromatic rings. The van der Waals surface area contributed by atoms with Crippen LogP contribution in [0.4, 0.5) is 0 Å². The Hall–Kier alpha value is -1.81. The Morgan fingerprint density at radius 3 is 2.89 bits per heavy atom. The summed E-state index contributed by atoms with van der Waals surface area (Å²) in [7, 11) is 0. The molecule has 0 bridgehead atoms. The van der Waals surface area contributed by atoms with Crippen LogP contribution in [0.2, 0.25) is 0 Å². The second-order valence-electron chi connectivity index (χ2n) is 4.17. The van der Waals surface area contributed by atoms with Gasteiger partial charge in [-0.25, -0.2) is 0 Å². The maximum atomic E-state index is 10.4. The first kappa shape index (κ1) is 12.6. The van der Waals surface area contributed by atoms with Gasteiger partial charge in [-0.3, -0.25) is 4.79 Å². The monoisotopic (exact) mass is 247 g/mol. The van der Waals surface area contributed by atoms with Crippen molar-refractivity contribution in [2.45, 2.75) is 26.3 Å². The Bertz CT molecular complexity index is 545. The Morgan fingerprint density at radius 1 is 1.39 bits per heavy atom. The van der Waals surface area contributed by atoms with Crippen LogP contribution in [0.1, 0.15) is 24.7 Å². The van der Waals surface area contributed by atoms with Crippen LogP contribution in [0.5, 0.6) is 0 Å². The van der Waals surface area contributed by atoms with Gasteiger partial charge in [0.05, 0.1) is 6.42 Å². The first-order valence-electron chi connectivity index (χ1n) is 6.14. The molecule has 0 fully saturated rings. The molecular weight excluding hydrogens is 230 g/mol. The van der Waals surface area contributed by atoms with E-state index in [1.165, 1.54) is 0 Å². The highest BCUT2D eigenvalue weighted by Gasteiger charge is 2.11. The van der Waals surface area contributed by atoms with E-state index in [0.717, 1.165) is 28.7 Å². The number of carboxylic acid groups (broad SMARTS) is 1. The minimum atomic E-state index is -0.782. The summed E-state index contributed by atoms with van der Waals surface area (Å²) >= 11 is 0. The molecule has 4 heteroatoms. The van der Waals surface area contributed by atoms with E-state index in [1.807, 2.05) is 24.3 Å². The molecule has 0 atom stereocenters. The molecule has 0 aliphatic heterocycles. The lowest BCUT2D eigenvalue weighted by atomic mass is 10.1. The van der Waals surface area contributed by atoms with E-state index in [1.54, 1.807) is 0 Å². The van der Waals surface area contributed by atoms with E-state index in [-0.39, 0.29) is 6.42 Å². The second kappa shape index (κ2) is 5.69. The Kier molecular flexibility index (Phi) is 3.99. The van der Waals surface area contributed by atoms with Gasteiger partial charge in [-0.15, -0.1) is 0 Å². The van der Waals surface area contributed by atoms with Gasteiger partial charge in [0.1, 0.15) is 11.3 Å². The van der Waals surface area contributed by atoms with Crippen molar-refractivity contribution >= 4 is 16.9 Å². The largest absolute Gasteiger partial charge is 0.481 e. The molecule has 0 saturated carbocycles. The number of nitrogens with one attached hydrogen (secondary N) is 1. The molecule has 18 heavy (non-hydrogen) atoms. The zero-order valence-corrected chi connectivity index (χ0v) is 10.4. The van der Waals surface area contributed by atoms with Gasteiger partial charge >= 0.3 is 5.97 Å². The van der Waals surface area contributed by atoms with E-state index in [9.17, 15) is 4.79 Å². The lowest BCUT2D eigenvalue weighted by Crippen LogP contribution is -2.18. The Balaban J connectivity index is 2.13. The second-order valence-corrected chi connectivity index (χ2v) is 4.17. The molecule has 2 rings (SSSR count). The van der Waals surface area contributed by atoms with Crippen molar-refractivity contribution in [2.24, 2.45) is 0 Å². The molecule has 0 saturated heterocycles. The van der Waals surface area contributed by atoms with E-state index >= 15 is 0 Å². The molecule has 2 N–H and O–H groups in total. The minimum Gasteiger partial charge on any atom is -0.481 e. The van der Waals surface area contributed by atoms with Crippen molar-refractivity contribution in [1.82, 2.24) is 5.32 Å². The number of carbonyl (C=O) groups is 1. The predicted octanol–water partition coefficient (Wildman–Crippen LogP) is 2.56. The SMILES string of the molecule is CCc1oc2ccccc2c1CNCCC(=O)O. The number of hydrogen-bond acceptors (Lipinski definition) is 3. The van der Waals surface area contributed by atoms with Crippen LogP contribution in [0, 0.1) is 0 Å². The third-order valence-electron chi connectivity index (χ3n) is 2.92. The molecule has 0 aliphatic rings. The van der Waals surface area contributed by atoms with Crippen molar-refractivity contribution < 1.29 is 14.3 Å². The summed E-state index contributed by atoms with van der Waals surface area (Å²) in [6.07, 6.45) is 0.974. The molecule has 1 heterocycles. The number of rotatable bonds is 6. The standard InChI is InChI=1S/C14H17NO3/c1-2-12-11(9-15-8-7-14(16)17)10-5-3-4-6-13(10)18-12/h3-6,15H,2,7-9H2,1H3,(H,16,17). The van der Waals surface area contributed by atoms with Gasteiger partial charge in [0.15, 0.2) is 0 Å². The number of aryl methyl sites for hydroxylation is 1. The summed E-state index contributed by atoms with van der Waals surface area (Å²) in [5.41, 5.74) is 2.03. The fourth-order valence-electron chi connectivity index (χ4n) is 2.04. The molecule has 0 amide bonds. The zero-order chi connectivity index (χ0) is 13.0. The molecule has 0 unspecified atom stereocenters. The number of hydrogen-bond donors (Lipinski definition) is 2. The topological polar surface area (TPSA) is 62.5 Å². The molecule has 0 radical (unpaired) electrons. The summed E-state index contributed by atoms with van der Waals surface area (Å²) in [4.78, 5) is 10.4. The van der Waals surface area contributed by atoms with Gasteiger partial charge in [0, 0.05) is 30.5 Å². The van der Waals surface area contributed by atoms with Crippen LogP contribution >= 0.6 is 0 Å². The Labute approximate surface area is 106 Å². The molecule has 0 aliphatic carbocycles. The number of furan rings is 1. The van der Waals surface area contributed by atoms with Gasteiger partial charge in [0.25, 0.3) is 0 Å². The maximum Gasteiger partial charge on any atom is 0.304 e. The maximum absolute atomic E-state index is 10.4. The van der Waals surface area contributed by atoms with Crippen molar-refractivity contribution in [1.29, 1.82) is 0 Å². The number of para-hydroxylation sites is 1. The van der Waals surface area contributed by atoms with Crippen LogP contribution in [-0.4, -0.2) is 17.6 Å². The van der Waals surface area contributed by atoms with Gasteiger partial charge in [-0.2, -0.15) is 0 Å². The molecule has 1 aromatic heterocycles. The summed E-state index contributed by atoms with van der Waals surface area (Å²) in [5.74, 6) is 0.189. The third kappa shape index (κ3) is 2.71. The van der Waals surface area contributed by atoms with E-state index in [2.05, 4.69) is 12.2 Å². The predicted molar refractivity (Wildman–Crippen MR) is 69.6 cm³/mol. The average molecular weight is 247 g/mol. The lowest BCUT2D eigenvalue weighted by molar-refractivity contribution is -0.136. The summed E-state index contributed by atoms with van der Waals surface area (Å²) in [6.45, 7) is 3.17. The number of carboxylic acids is 1. The number of aliphatic carboxylic acids is 1. The Morgan fingerprint density at radius 2 is 2.17 bits per heavy atom. The highest BCUT2D eigenvalue weighted by Crippen LogP contribution is 2.25. The summed E-state index contributed by atoms with van der Waals surface area (Å²) < 4.78 is 5.77. The first-order valence-corrected chi connectivity index (χ1v) is 6.14. The van der Waals surface area contributed by atoms with E-state index in [0.29, 0.717) is 13.1 Å². The van der Waals surface area contributed by atoms with Crippen molar-refractivity contribution in [3.8, 4) is 0 Å². The van der Waals surface area contributed by atoms with Crippen LogP contribution in [-0.2, 0) is 17.8 Å². The smallest absolute Gasteiger partial charge is 0.304 e. The molecule has 0 spiro atoms. The quantitative estimate of drug-likeness (QED) is 0.770. The van der Waals surface area contributed by atoms with Crippen molar-refractivity contribution in [2.75, 3.05) is 6.54 Å². The minimum absolute atomic E-state index is 0.136. The highest BCUT2D eigenvalue weighted by molar-refractivity contribution is 5.82. The molecule has 4 nitrogen and oxygen atoms in total.